The number of nitrogens with zero attached hydrogens (tertiary/aromatic N) is 1. The fraction of sp³-hybridized carbons (Fsp3) is 0.280. The summed E-state index contributed by atoms with van der Waals surface area (Å²) in [6, 6.07) is 23.2. The smallest absolute Gasteiger partial charge is 0.307 e. The number of nitrogens with one attached hydrogen (secondary N) is 3. The highest BCUT2D eigenvalue weighted by Crippen LogP contribution is 2.29. The lowest BCUT2D eigenvalue weighted by atomic mass is 9.94. The molecule has 4 rings (SSSR count). The zero-order chi connectivity index (χ0) is 22.3. The number of hydrogen-bond donors (Lipinski definition) is 4. The Kier molecular flexibility index (Phi) is 7.19. The Morgan fingerprint density at radius 1 is 1.12 bits per heavy atom. The molecule has 1 aliphatic rings. The number of benzene rings is 2. The van der Waals surface area contributed by atoms with Crippen LogP contribution in [0.1, 0.15) is 28.7 Å². The number of rotatable bonds is 9. The van der Waals surface area contributed by atoms with E-state index < -0.39 is 5.97 Å². The Morgan fingerprint density at radius 3 is 2.72 bits per heavy atom. The fourth-order valence-electron chi connectivity index (χ4n) is 4.17. The molecule has 0 bridgehead atoms. The summed E-state index contributed by atoms with van der Waals surface area (Å²) in [5, 5.41) is 20.0. The van der Waals surface area contributed by atoms with Crippen LogP contribution < -0.4 is 16.0 Å². The van der Waals surface area contributed by atoms with Crippen LogP contribution in [-0.2, 0) is 11.2 Å². The van der Waals surface area contributed by atoms with E-state index in [0.717, 1.165) is 41.8 Å². The number of hydrogen-bond acceptors (Lipinski definition) is 5. The van der Waals surface area contributed by atoms with Crippen LogP contribution in [0.3, 0.4) is 0 Å². The maximum atomic E-state index is 11.1. The Hall–Kier alpha value is -3.16. The quantitative estimate of drug-likeness (QED) is 0.378. The molecule has 2 heterocycles. The van der Waals surface area contributed by atoms with Gasteiger partial charge in [0.15, 0.2) is 0 Å². The van der Waals surface area contributed by atoms with Crippen LogP contribution in [0.5, 0.6) is 0 Å². The van der Waals surface area contributed by atoms with Gasteiger partial charge in [0, 0.05) is 29.5 Å². The molecule has 163 valence electrons. The summed E-state index contributed by atoms with van der Waals surface area (Å²) in [7, 11) is 3.71. The van der Waals surface area contributed by atoms with Gasteiger partial charge >= 0.3 is 5.97 Å². The normalized spacial score (nSPS) is 16.8. The van der Waals surface area contributed by atoms with E-state index in [9.17, 15) is 4.79 Å². The Morgan fingerprint density at radius 2 is 1.94 bits per heavy atom. The zero-order valence-corrected chi connectivity index (χ0v) is 18.8. The first-order chi connectivity index (χ1) is 15.6. The molecule has 7 heteroatoms. The van der Waals surface area contributed by atoms with E-state index in [0.29, 0.717) is 0 Å². The molecule has 0 saturated heterocycles. The summed E-state index contributed by atoms with van der Waals surface area (Å²) in [6.07, 6.45) is 1.83. The van der Waals surface area contributed by atoms with Crippen LogP contribution in [0.2, 0.25) is 6.04 Å². The van der Waals surface area contributed by atoms with Crippen LogP contribution in [-0.4, -0.2) is 45.4 Å². The highest BCUT2D eigenvalue weighted by atomic mass is 28.1. The first-order valence-electron chi connectivity index (χ1n) is 10.8. The van der Waals surface area contributed by atoms with Crippen LogP contribution in [0.4, 0.5) is 11.5 Å². The summed E-state index contributed by atoms with van der Waals surface area (Å²) >= 11 is 0. The molecular formula is C25H27N4O2Si. The minimum atomic E-state index is -0.816. The van der Waals surface area contributed by atoms with Crippen molar-refractivity contribution in [3.8, 4) is 0 Å². The van der Waals surface area contributed by atoms with Gasteiger partial charge in [0.1, 0.15) is 5.82 Å². The lowest BCUT2D eigenvalue weighted by Gasteiger charge is -2.35. The Labute approximate surface area is 191 Å². The largest absolute Gasteiger partial charge is 0.481 e. The first kappa shape index (κ1) is 22.0. The predicted molar refractivity (Wildman–Crippen MR) is 128 cm³/mol. The third-order valence-corrected chi connectivity index (χ3v) is 6.30. The van der Waals surface area contributed by atoms with Crippen molar-refractivity contribution in [1.29, 1.82) is 0 Å². The number of anilines is 2. The Balaban J connectivity index is 1.52. The molecule has 0 fully saturated rings. The monoisotopic (exact) mass is 443 g/mol. The second-order valence-corrected chi connectivity index (χ2v) is 8.45. The molecule has 0 aliphatic carbocycles. The van der Waals surface area contributed by atoms with Crippen LogP contribution in [0, 0.1) is 0 Å². The van der Waals surface area contributed by atoms with E-state index in [2.05, 4.69) is 61.5 Å². The molecule has 0 amide bonds. The van der Waals surface area contributed by atoms with Crippen LogP contribution in [0.25, 0.3) is 0 Å². The molecule has 3 radical (unpaired) electrons. The molecule has 1 aliphatic heterocycles. The van der Waals surface area contributed by atoms with E-state index >= 15 is 0 Å². The minimum Gasteiger partial charge on any atom is -0.481 e. The number of carboxylic acids is 1. The Bertz CT molecular complexity index is 1050. The van der Waals surface area contributed by atoms with Gasteiger partial charge < -0.3 is 21.1 Å². The molecule has 0 saturated carbocycles. The number of carboxylic acid groups (broad SMARTS) is 1. The van der Waals surface area contributed by atoms with Crippen molar-refractivity contribution < 1.29 is 9.90 Å². The van der Waals surface area contributed by atoms with E-state index in [1.807, 2.05) is 36.4 Å². The molecular weight excluding hydrogens is 416 g/mol. The third kappa shape index (κ3) is 5.36. The van der Waals surface area contributed by atoms with Gasteiger partial charge in [-0.15, -0.1) is 0 Å². The lowest BCUT2D eigenvalue weighted by Crippen LogP contribution is -2.45. The van der Waals surface area contributed by atoms with Gasteiger partial charge in [-0.25, -0.2) is 4.98 Å². The second-order valence-electron chi connectivity index (χ2n) is 8.04. The molecule has 2 aromatic carbocycles. The van der Waals surface area contributed by atoms with Gasteiger partial charge in [0.25, 0.3) is 0 Å². The van der Waals surface area contributed by atoms with Gasteiger partial charge in [-0.05, 0) is 34.7 Å². The van der Waals surface area contributed by atoms with Gasteiger partial charge in [-0.2, -0.15) is 0 Å². The van der Waals surface area contributed by atoms with Gasteiger partial charge in [0.2, 0.25) is 0 Å². The molecule has 3 aromatic rings. The third-order valence-electron chi connectivity index (χ3n) is 5.81. The summed E-state index contributed by atoms with van der Waals surface area (Å²) in [6.45, 7) is 1.52. The zero-order valence-electron chi connectivity index (χ0n) is 17.8. The average molecular weight is 444 g/mol. The lowest BCUT2D eigenvalue weighted by molar-refractivity contribution is -0.136. The van der Waals surface area contributed by atoms with Crippen LogP contribution in [0.15, 0.2) is 72.9 Å². The van der Waals surface area contributed by atoms with Crippen molar-refractivity contribution in [3.05, 3.63) is 89.6 Å². The average Bonchev–Trinajstić information content (AvgIpc) is 2.82. The maximum absolute atomic E-state index is 11.1. The predicted octanol–water partition coefficient (Wildman–Crippen LogP) is 3.62. The topological polar surface area (TPSA) is 86.3 Å². The molecule has 32 heavy (non-hydrogen) atoms. The van der Waals surface area contributed by atoms with Crippen molar-refractivity contribution in [2.75, 3.05) is 23.7 Å². The summed E-state index contributed by atoms with van der Waals surface area (Å²) in [5.41, 5.74) is 4.17. The van der Waals surface area contributed by atoms with Gasteiger partial charge in [0.05, 0.1) is 24.2 Å². The molecule has 0 spiro atoms. The minimum absolute atomic E-state index is 0.0341. The summed E-state index contributed by atoms with van der Waals surface area (Å²) < 4.78 is 0. The van der Waals surface area contributed by atoms with Crippen molar-refractivity contribution >= 4 is 27.7 Å². The van der Waals surface area contributed by atoms with Gasteiger partial charge in [-0.1, -0.05) is 60.6 Å². The van der Waals surface area contributed by atoms with E-state index in [1.54, 1.807) is 6.20 Å². The molecule has 1 aromatic heterocycles. The number of fused-ring (bicyclic) bond motifs is 1. The van der Waals surface area contributed by atoms with Crippen molar-refractivity contribution in [2.45, 2.75) is 30.5 Å². The number of pyridine rings is 1. The van der Waals surface area contributed by atoms with Crippen molar-refractivity contribution in [3.63, 3.8) is 0 Å². The molecule has 6 nitrogen and oxygen atoms in total. The van der Waals surface area contributed by atoms with Gasteiger partial charge in [-0.3, -0.25) is 4.79 Å². The molecule has 3 atom stereocenters. The number of aliphatic carboxylic acids is 1. The number of carbonyl (C=O) groups is 1. The number of aromatic nitrogens is 1. The van der Waals surface area contributed by atoms with Crippen LogP contribution >= 0.6 is 0 Å². The fourth-order valence-corrected chi connectivity index (χ4v) is 4.55. The van der Waals surface area contributed by atoms with E-state index in [4.69, 9.17) is 5.11 Å². The summed E-state index contributed by atoms with van der Waals surface area (Å²) in [5.74, 6) is 0.252. The SMILES string of the molecule is O=C(O)Cc1cccc([C@H](C[Si])CN[C@H](c2ccccc2)[C@H]2CNc3cccnc3N2)c1. The standard InChI is InChI=1S/C25H27N4O2Si/c30-23(31)13-17-6-4-9-19(12-17)20(16-32)14-28-24(18-7-2-1-3-8-18)22-15-27-21-10-5-11-26-25(21)29-22/h1-12,20,22,24,27-28H,13-16H2,(H,26,29)(H,30,31)/t20-,22+,24+/m0/s1. The van der Waals surface area contributed by atoms with E-state index in [1.165, 1.54) is 5.56 Å². The second kappa shape index (κ2) is 10.4. The summed E-state index contributed by atoms with van der Waals surface area (Å²) in [4.78, 5) is 15.6. The molecule has 0 unspecified atom stereocenters. The van der Waals surface area contributed by atoms with E-state index in [-0.39, 0.29) is 24.4 Å². The van der Waals surface area contributed by atoms with Crippen molar-refractivity contribution in [2.24, 2.45) is 0 Å². The maximum Gasteiger partial charge on any atom is 0.307 e. The van der Waals surface area contributed by atoms with Crippen molar-refractivity contribution in [1.82, 2.24) is 10.3 Å². The highest BCUT2D eigenvalue weighted by molar-refractivity contribution is 6.09. The highest BCUT2D eigenvalue weighted by Gasteiger charge is 2.28. The first-order valence-corrected chi connectivity index (χ1v) is 11.5. The molecule has 4 N–H and O–H groups in total.